The molecule has 0 N–H and O–H groups in total. The molecule has 0 fully saturated rings. The van der Waals surface area contributed by atoms with Crippen LogP contribution in [0.3, 0.4) is 0 Å². The molecule has 0 aromatic heterocycles. The number of benzene rings is 2. The third-order valence-corrected chi connectivity index (χ3v) is 4.42. The molecule has 0 spiro atoms. The summed E-state index contributed by atoms with van der Waals surface area (Å²) in [5, 5.41) is 0. The van der Waals surface area contributed by atoms with Gasteiger partial charge in [-0.3, -0.25) is 0 Å². The molecular weight excluding hydrogens is 312 g/mol. The van der Waals surface area contributed by atoms with Crippen LogP contribution in [0.25, 0.3) is 10.4 Å². The van der Waals surface area contributed by atoms with Gasteiger partial charge in [0, 0.05) is 4.91 Å². The molecule has 9 heteroatoms. The monoisotopic (exact) mass is 323 g/mol. The Bertz CT molecular complexity index is 617. The summed E-state index contributed by atoms with van der Waals surface area (Å²) >= 11 is 0. The van der Waals surface area contributed by atoms with Gasteiger partial charge in [0.25, 0.3) is 0 Å². The molecule has 0 aliphatic heterocycles. The van der Waals surface area contributed by atoms with Crippen LogP contribution in [0.2, 0.25) is 0 Å². The van der Waals surface area contributed by atoms with Gasteiger partial charge in [0.05, 0.1) is 0 Å². The fourth-order valence-corrected chi connectivity index (χ4v) is 3.04. The van der Waals surface area contributed by atoms with Crippen molar-refractivity contribution in [2.75, 3.05) is 0 Å². The van der Waals surface area contributed by atoms with Crippen LogP contribution in [0.5, 0.6) is 11.5 Å². The SMILES string of the molecule is [N-]=[N+]=NPOP(=O)(Oc1ccccc1)Oc1ccccc1. The van der Waals surface area contributed by atoms with E-state index in [0.29, 0.717) is 11.5 Å². The lowest BCUT2D eigenvalue weighted by Crippen LogP contribution is -2.01. The fourth-order valence-electron chi connectivity index (χ4n) is 1.36. The number of azide groups is 1. The maximum absolute atomic E-state index is 12.6. The van der Waals surface area contributed by atoms with E-state index in [1.165, 1.54) is 0 Å². The van der Waals surface area contributed by atoms with E-state index in [-0.39, 0.29) is 0 Å². The van der Waals surface area contributed by atoms with Gasteiger partial charge in [-0.15, -0.1) is 0 Å². The van der Waals surface area contributed by atoms with Crippen molar-refractivity contribution in [3.63, 3.8) is 0 Å². The molecule has 0 heterocycles. The maximum atomic E-state index is 12.6. The Balaban J connectivity index is 2.17. The summed E-state index contributed by atoms with van der Waals surface area (Å²) < 4.78 is 28.2. The molecule has 1 atom stereocenters. The highest BCUT2D eigenvalue weighted by Crippen LogP contribution is 2.54. The summed E-state index contributed by atoms with van der Waals surface area (Å²) in [6, 6.07) is 16.9. The summed E-state index contributed by atoms with van der Waals surface area (Å²) in [7, 11) is -4.66. The number of hydrogen-bond acceptors (Lipinski definition) is 5. The van der Waals surface area contributed by atoms with Gasteiger partial charge >= 0.3 is 7.82 Å². The second-order valence-electron chi connectivity index (χ2n) is 3.63. The third-order valence-electron chi connectivity index (χ3n) is 2.16. The molecule has 21 heavy (non-hydrogen) atoms. The van der Waals surface area contributed by atoms with E-state index in [4.69, 9.17) is 18.9 Å². The van der Waals surface area contributed by atoms with Gasteiger partial charge in [0.15, 0.2) is 0 Å². The first-order valence-electron chi connectivity index (χ1n) is 5.79. The average Bonchev–Trinajstić information content (AvgIpc) is 2.49. The zero-order chi connectivity index (χ0) is 15.0. The van der Waals surface area contributed by atoms with Crippen molar-refractivity contribution in [1.82, 2.24) is 0 Å². The summed E-state index contributed by atoms with van der Waals surface area (Å²) in [4.78, 5) is 5.73. The van der Waals surface area contributed by atoms with E-state index in [1.54, 1.807) is 60.7 Å². The summed E-state index contributed by atoms with van der Waals surface area (Å²) in [6.07, 6.45) is 0. The highest BCUT2D eigenvalue weighted by Gasteiger charge is 2.30. The lowest BCUT2D eigenvalue weighted by atomic mass is 10.3. The standard InChI is InChI=1S/C12H11N3O4P2/c13-14-15-20-19-21(16,17-11-7-3-1-4-8-11)18-12-9-5-2-6-10-12/h1-10,20H. The summed E-state index contributed by atoms with van der Waals surface area (Å²) in [6.45, 7) is 0. The molecule has 0 aliphatic rings. The van der Waals surface area contributed by atoms with Crippen LogP contribution in [0, 0.1) is 0 Å². The zero-order valence-electron chi connectivity index (χ0n) is 10.7. The van der Waals surface area contributed by atoms with Crippen molar-refractivity contribution in [2.24, 2.45) is 4.88 Å². The Morgan fingerprint density at radius 2 is 1.43 bits per heavy atom. The summed E-state index contributed by atoms with van der Waals surface area (Å²) in [5.41, 5.74) is 8.26. The van der Waals surface area contributed by atoms with Gasteiger partial charge < -0.3 is 9.05 Å². The van der Waals surface area contributed by atoms with E-state index < -0.39 is 16.8 Å². The highest BCUT2D eigenvalue weighted by atomic mass is 31.2. The Morgan fingerprint density at radius 1 is 0.952 bits per heavy atom. The molecule has 0 radical (unpaired) electrons. The van der Waals surface area contributed by atoms with E-state index in [1.807, 2.05) is 0 Å². The minimum atomic E-state index is -3.95. The second kappa shape index (κ2) is 7.67. The lowest BCUT2D eigenvalue weighted by Gasteiger charge is -2.17. The first-order valence-corrected chi connectivity index (χ1v) is 8.10. The highest BCUT2D eigenvalue weighted by molar-refractivity contribution is 7.56. The second-order valence-corrected chi connectivity index (χ2v) is 6.00. The molecule has 0 saturated heterocycles. The normalized spacial score (nSPS) is 11.0. The Hall–Kier alpha value is -2.03. The molecule has 0 aliphatic carbocycles. The van der Waals surface area contributed by atoms with Crippen LogP contribution in [0.4, 0.5) is 0 Å². The van der Waals surface area contributed by atoms with Crippen molar-refractivity contribution < 1.29 is 17.9 Å². The molecule has 108 valence electrons. The largest absolute Gasteiger partial charge is 0.590 e. The molecule has 7 nitrogen and oxygen atoms in total. The van der Waals surface area contributed by atoms with Crippen LogP contribution in [0.1, 0.15) is 0 Å². The minimum Gasteiger partial charge on any atom is -0.395 e. The number of rotatable bonds is 7. The molecule has 2 aromatic carbocycles. The van der Waals surface area contributed by atoms with Crippen molar-refractivity contribution in [1.29, 1.82) is 0 Å². The molecule has 1 unspecified atom stereocenters. The number of hydrogen-bond donors (Lipinski definition) is 0. The van der Waals surface area contributed by atoms with E-state index in [0.717, 1.165) is 0 Å². The summed E-state index contributed by atoms with van der Waals surface area (Å²) in [5.74, 6) is 0.644. The minimum absolute atomic E-state index is 0.322. The Kier molecular flexibility index (Phi) is 5.61. The molecule has 2 aromatic rings. The molecule has 0 saturated carbocycles. The third kappa shape index (κ3) is 5.10. The van der Waals surface area contributed by atoms with Gasteiger partial charge in [-0.2, -0.15) is 0 Å². The van der Waals surface area contributed by atoms with Crippen LogP contribution in [0.15, 0.2) is 65.5 Å². The predicted octanol–water partition coefficient (Wildman–Crippen LogP) is 5.09. The van der Waals surface area contributed by atoms with Gasteiger partial charge in [-0.25, -0.2) is 8.88 Å². The van der Waals surface area contributed by atoms with Crippen LogP contribution in [-0.4, -0.2) is 0 Å². The number of phosphoric acid groups is 1. The first-order chi connectivity index (χ1) is 10.2. The zero-order valence-corrected chi connectivity index (χ0v) is 12.6. The quantitative estimate of drug-likeness (QED) is 0.307. The van der Waals surface area contributed by atoms with Gasteiger partial charge in [-0.1, -0.05) is 36.4 Å². The molecule has 2 rings (SSSR count). The molecular formula is C12H11N3O4P2. The van der Waals surface area contributed by atoms with Crippen LogP contribution < -0.4 is 9.05 Å². The van der Waals surface area contributed by atoms with Gasteiger partial charge in [-0.05, 0) is 34.7 Å². The average molecular weight is 323 g/mol. The van der Waals surface area contributed by atoms with Gasteiger partial charge in [0.2, 0.25) is 0 Å². The van der Waals surface area contributed by atoms with Crippen molar-refractivity contribution in [2.45, 2.75) is 0 Å². The van der Waals surface area contributed by atoms with E-state index >= 15 is 0 Å². The molecule has 0 bridgehead atoms. The number of nitrogens with zero attached hydrogens (tertiary/aromatic N) is 3. The van der Waals surface area contributed by atoms with Gasteiger partial charge in [0.1, 0.15) is 20.5 Å². The molecule has 0 amide bonds. The number of para-hydroxylation sites is 2. The van der Waals surface area contributed by atoms with Crippen LogP contribution >= 0.6 is 16.8 Å². The smallest absolute Gasteiger partial charge is 0.395 e. The van der Waals surface area contributed by atoms with Crippen molar-refractivity contribution in [3.05, 3.63) is 71.1 Å². The Labute approximate surface area is 123 Å². The van der Waals surface area contributed by atoms with Crippen LogP contribution in [-0.2, 0) is 8.88 Å². The van der Waals surface area contributed by atoms with Crippen molar-refractivity contribution >= 4 is 16.8 Å². The maximum Gasteiger partial charge on any atom is 0.590 e. The number of phosphoric ester groups is 1. The van der Waals surface area contributed by atoms with E-state index in [2.05, 4.69) is 9.80 Å². The van der Waals surface area contributed by atoms with Crippen molar-refractivity contribution in [3.8, 4) is 11.5 Å². The fraction of sp³-hybridized carbons (Fsp3) is 0. The Morgan fingerprint density at radius 3 is 1.86 bits per heavy atom. The topological polar surface area (TPSA) is 93.5 Å². The predicted molar refractivity (Wildman–Crippen MR) is 80.3 cm³/mol. The lowest BCUT2D eigenvalue weighted by molar-refractivity contribution is 0.311. The van der Waals surface area contributed by atoms with E-state index in [9.17, 15) is 4.57 Å². The first kappa shape index (κ1) is 15.4.